The average Bonchev–Trinajstić information content (AvgIpc) is 3.10. The van der Waals surface area contributed by atoms with Crippen LogP contribution in [0.4, 0.5) is 0 Å². The number of fused-ring (bicyclic) bond motifs is 1. The molecule has 0 unspecified atom stereocenters. The van der Waals surface area contributed by atoms with Gasteiger partial charge in [-0.2, -0.15) is 0 Å². The molecule has 32 heavy (non-hydrogen) atoms. The van der Waals surface area contributed by atoms with Gasteiger partial charge in [0.05, 0.1) is 13.2 Å². The lowest BCUT2D eigenvalue weighted by atomic mass is 9.49. The molecule has 0 aromatic heterocycles. The van der Waals surface area contributed by atoms with Gasteiger partial charge in [-0.15, -0.1) is 0 Å². The number of aliphatic hydroxyl groups excluding tert-OH is 2. The zero-order valence-corrected chi connectivity index (χ0v) is 20.3. The summed E-state index contributed by atoms with van der Waals surface area (Å²) in [6.45, 7) is 11.4. The number of benzene rings is 1. The zero-order chi connectivity index (χ0) is 22.9. The molecule has 1 aromatic carbocycles. The maximum absolute atomic E-state index is 10.3. The van der Waals surface area contributed by atoms with Gasteiger partial charge in [0.25, 0.3) is 0 Å². The highest BCUT2D eigenvalue weighted by molar-refractivity contribution is 5.27. The minimum atomic E-state index is -0.257. The van der Waals surface area contributed by atoms with E-state index in [1.807, 2.05) is 12.1 Å². The molecular weight excluding hydrogens is 398 g/mol. The van der Waals surface area contributed by atoms with Crippen LogP contribution in [0.2, 0.25) is 0 Å². The smallest absolute Gasteiger partial charge is 0.118 e. The molecule has 7 atom stereocenters. The number of nitrogens with one attached hydrogen (secondary N) is 1. The Kier molecular flexibility index (Phi) is 7.05. The summed E-state index contributed by atoms with van der Waals surface area (Å²) in [4.78, 5) is 0. The molecular formula is C28H43NO3. The van der Waals surface area contributed by atoms with E-state index >= 15 is 0 Å². The molecule has 4 heteroatoms. The van der Waals surface area contributed by atoms with Gasteiger partial charge in [0.2, 0.25) is 0 Å². The SMILES string of the molecule is C=C1CC[C@H]2[C@H](CNCc3ccc(OC)cc3)[C@@H]([C@@]3(C)CC[C@H](O)C[C@@H]3CO)CC[C@]12C. The van der Waals surface area contributed by atoms with Gasteiger partial charge in [-0.05, 0) is 104 Å². The summed E-state index contributed by atoms with van der Waals surface area (Å²) < 4.78 is 5.29. The van der Waals surface area contributed by atoms with Gasteiger partial charge in [0, 0.05) is 13.2 Å². The first-order chi connectivity index (χ1) is 15.3. The zero-order valence-electron chi connectivity index (χ0n) is 20.3. The molecule has 3 saturated carbocycles. The number of rotatable bonds is 7. The van der Waals surface area contributed by atoms with Crippen molar-refractivity contribution in [3.63, 3.8) is 0 Å². The van der Waals surface area contributed by atoms with Crippen molar-refractivity contribution in [1.82, 2.24) is 5.32 Å². The van der Waals surface area contributed by atoms with E-state index in [0.29, 0.717) is 17.8 Å². The lowest BCUT2D eigenvalue weighted by Crippen LogP contribution is -2.53. The molecule has 3 aliphatic rings. The van der Waals surface area contributed by atoms with Gasteiger partial charge in [-0.25, -0.2) is 0 Å². The quantitative estimate of drug-likeness (QED) is 0.524. The Labute approximate surface area is 194 Å². The van der Waals surface area contributed by atoms with Gasteiger partial charge in [-0.1, -0.05) is 38.1 Å². The van der Waals surface area contributed by atoms with E-state index in [1.54, 1.807) is 7.11 Å². The van der Waals surface area contributed by atoms with Crippen molar-refractivity contribution in [1.29, 1.82) is 0 Å². The number of aliphatic hydroxyl groups is 2. The molecule has 3 fully saturated rings. The molecule has 0 spiro atoms. The monoisotopic (exact) mass is 441 g/mol. The Morgan fingerprint density at radius 3 is 2.53 bits per heavy atom. The van der Waals surface area contributed by atoms with Crippen LogP contribution in [0.1, 0.15) is 64.4 Å². The summed E-state index contributed by atoms with van der Waals surface area (Å²) in [5.74, 6) is 2.87. The Bertz CT molecular complexity index is 792. The summed E-state index contributed by atoms with van der Waals surface area (Å²) in [7, 11) is 1.70. The summed E-state index contributed by atoms with van der Waals surface area (Å²) in [6.07, 6.45) is 7.17. The Hall–Kier alpha value is -1.36. The second-order valence-electron chi connectivity index (χ2n) is 11.3. The van der Waals surface area contributed by atoms with Crippen LogP contribution in [0.15, 0.2) is 36.4 Å². The van der Waals surface area contributed by atoms with E-state index < -0.39 is 0 Å². The first-order valence-corrected chi connectivity index (χ1v) is 12.6. The topological polar surface area (TPSA) is 61.7 Å². The molecule has 0 bridgehead atoms. The summed E-state index contributed by atoms with van der Waals surface area (Å²) in [5.41, 5.74) is 3.06. The molecule has 0 amide bonds. The van der Waals surface area contributed by atoms with Gasteiger partial charge in [-0.3, -0.25) is 0 Å². The van der Waals surface area contributed by atoms with Crippen molar-refractivity contribution in [2.24, 2.45) is 34.5 Å². The number of hydrogen-bond donors (Lipinski definition) is 3. The van der Waals surface area contributed by atoms with Gasteiger partial charge in [0.15, 0.2) is 0 Å². The molecule has 0 radical (unpaired) electrons. The van der Waals surface area contributed by atoms with E-state index in [1.165, 1.54) is 30.4 Å². The number of ether oxygens (including phenoxy) is 1. The number of allylic oxidation sites excluding steroid dienone is 1. The van der Waals surface area contributed by atoms with Gasteiger partial charge >= 0.3 is 0 Å². The van der Waals surface area contributed by atoms with Gasteiger partial charge in [0.1, 0.15) is 5.75 Å². The van der Waals surface area contributed by atoms with E-state index in [-0.39, 0.29) is 29.5 Å². The third kappa shape index (κ3) is 4.26. The molecule has 178 valence electrons. The van der Waals surface area contributed by atoms with Crippen LogP contribution in [-0.4, -0.2) is 36.6 Å². The fraction of sp³-hybridized carbons (Fsp3) is 0.714. The molecule has 0 saturated heterocycles. The van der Waals surface area contributed by atoms with E-state index in [0.717, 1.165) is 44.5 Å². The van der Waals surface area contributed by atoms with Crippen LogP contribution in [0, 0.1) is 34.5 Å². The first kappa shape index (κ1) is 23.8. The van der Waals surface area contributed by atoms with Crippen LogP contribution in [0.5, 0.6) is 5.75 Å². The molecule has 3 N–H and O–H groups in total. The maximum Gasteiger partial charge on any atom is 0.118 e. The summed E-state index contributed by atoms with van der Waals surface area (Å²) in [6, 6.07) is 8.33. The minimum Gasteiger partial charge on any atom is -0.497 e. The lowest BCUT2D eigenvalue weighted by molar-refractivity contribution is -0.0933. The first-order valence-electron chi connectivity index (χ1n) is 12.6. The van der Waals surface area contributed by atoms with E-state index in [4.69, 9.17) is 4.74 Å². The predicted octanol–water partition coefficient (Wildman–Crippen LogP) is 4.94. The second kappa shape index (κ2) is 9.48. The molecule has 4 nitrogen and oxygen atoms in total. The van der Waals surface area contributed by atoms with Crippen LogP contribution in [0.25, 0.3) is 0 Å². The maximum atomic E-state index is 10.3. The highest BCUT2D eigenvalue weighted by Crippen LogP contribution is 2.63. The predicted molar refractivity (Wildman–Crippen MR) is 129 cm³/mol. The van der Waals surface area contributed by atoms with Crippen LogP contribution >= 0.6 is 0 Å². The highest BCUT2D eigenvalue weighted by Gasteiger charge is 2.56. The standard InChI is InChI=1S/C28H43NO3/c1-19-5-10-25-24(17-29-16-20-6-8-23(32-4)9-7-20)26(12-14-27(19,25)2)28(3)13-11-22(31)15-21(28)18-30/h6-9,21-22,24-26,29-31H,1,5,10-18H2,2-4H3/t21-,22+,24+,25+,26+,27-,28+/m1/s1. The summed E-state index contributed by atoms with van der Waals surface area (Å²) >= 11 is 0. The largest absolute Gasteiger partial charge is 0.497 e. The molecule has 0 heterocycles. The number of methoxy groups -OCH3 is 1. The summed E-state index contributed by atoms with van der Waals surface area (Å²) in [5, 5.41) is 24.4. The van der Waals surface area contributed by atoms with Crippen molar-refractivity contribution < 1.29 is 14.9 Å². The number of hydrogen-bond acceptors (Lipinski definition) is 4. The van der Waals surface area contributed by atoms with E-state index in [9.17, 15) is 10.2 Å². The van der Waals surface area contributed by atoms with Gasteiger partial charge < -0.3 is 20.3 Å². The van der Waals surface area contributed by atoms with Crippen molar-refractivity contribution in [2.45, 2.75) is 71.4 Å². The minimum absolute atomic E-state index is 0.0890. The fourth-order valence-electron chi connectivity index (χ4n) is 7.59. The second-order valence-corrected chi connectivity index (χ2v) is 11.3. The van der Waals surface area contributed by atoms with Crippen LogP contribution in [0.3, 0.4) is 0 Å². The molecule has 1 aromatic rings. The van der Waals surface area contributed by atoms with Crippen molar-refractivity contribution in [3.05, 3.63) is 42.0 Å². The lowest BCUT2D eigenvalue weighted by Gasteiger charge is -2.56. The third-order valence-corrected chi connectivity index (χ3v) is 9.83. The van der Waals surface area contributed by atoms with Crippen LogP contribution in [-0.2, 0) is 6.54 Å². The Balaban J connectivity index is 1.54. The molecule has 0 aliphatic heterocycles. The molecule has 4 rings (SSSR count). The normalized spacial score (nSPS) is 39.7. The van der Waals surface area contributed by atoms with Crippen LogP contribution < -0.4 is 10.1 Å². The average molecular weight is 442 g/mol. The van der Waals surface area contributed by atoms with Crippen molar-refractivity contribution >= 4 is 0 Å². The Morgan fingerprint density at radius 2 is 1.84 bits per heavy atom. The fourth-order valence-corrected chi connectivity index (χ4v) is 7.59. The van der Waals surface area contributed by atoms with E-state index in [2.05, 4.69) is 37.9 Å². The highest BCUT2D eigenvalue weighted by atomic mass is 16.5. The molecule has 3 aliphatic carbocycles. The van der Waals surface area contributed by atoms with Crippen molar-refractivity contribution in [3.8, 4) is 5.75 Å². The Morgan fingerprint density at radius 1 is 1.09 bits per heavy atom. The third-order valence-electron chi connectivity index (χ3n) is 9.83. The van der Waals surface area contributed by atoms with Crippen molar-refractivity contribution in [2.75, 3.05) is 20.3 Å².